The standard InChI is InChI=1S/C4H2NO2/c6-3-4-5-1-2-7-4/h1-2H. The molecule has 1 aromatic heterocycles. The van der Waals surface area contributed by atoms with Gasteiger partial charge in [0.15, 0.2) is 0 Å². The Kier molecular flexibility index (Phi) is 0.898. The third-order valence-corrected chi connectivity index (χ3v) is 0.520. The Morgan fingerprint density at radius 1 is 1.86 bits per heavy atom. The van der Waals surface area contributed by atoms with Gasteiger partial charge in [-0.1, -0.05) is 0 Å². The molecule has 0 amide bonds. The largest absolute Gasteiger partial charge is 0.442 e. The molecule has 7 heavy (non-hydrogen) atoms. The van der Waals surface area contributed by atoms with E-state index in [1.165, 1.54) is 18.7 Å². The van der Waals surface area contributed by atoms with Gasteiger partial charge in [0.2, 0.25) is 0 Å². The van der Waals surface area contributed by atoms with Crippen LogP contribution in [0.5, 0.6) is 0 Å². The Balaban J connectivity index is 2.96. The lowest BCUT2D eigenvalue weighted by Gasteiger charge is -1.65. The Hall–Kier alpha value is -1.12. The first-order valence-corrected chi connectivity index (χ1v) is 1.71. The summed E-state index contributed by atoms with van der Waals surface area (Å²) >= 11 is 0. The molecule has 0 spiro atoms. The average molecular weight is 96.1 g/mol. The predicted molar refractivity (Wildman–Crippen MR) is 21.3 cm³/mol. The van der Waals surface area contributed by atoms with Crippen molar-refractivity contribution in [1.82, 2.24) is 4.98 Å². The highest BCUT2D eigenvalue weighted by molar-refractivity contribution is 5.67. The van der Waals surface area contributed by atoms with E-state index in [1.54, 1.807) is 0 Å². The van der Waals surface area contributed by atoms with Gasteiger partial charge in [0.1, 0.15) is 6.26 Å². The lowest BCUT2D eigenvalue weighted by Crippen LogP contribution is -1.73. The SMILES string of the molecule is O=[C]c1ncco1. The molecule has 0 aliphatic carbocycles. The maximum Gasteiger partial charge on any atom is 0.293 e. The summed E-state index contributed by atoms with van der Waals surface area (Å²) in [5, 5.41) is 0. The minimum atomic E-state index is 0.000000000000000444. The van der Waals surface area contributed by atoms with Crippen LogP contribution in [0.2, 0.25) is 0 Å². The molecule has 1 radical (unpaired) electrons. The van der Waals surface area contributed by atoms with Crippen LogP contribution in [0.25, 0.3) is 0 Å². The molecule has 1 aromatic rings. The lowest BCUT2D eigenvalue weighted by atomic mass is 10.8. The third kappa shape index (κ3) is 0.652. The van der Waals surface area contributed by atoms with Gasteiger partial charge in [-0.2, -0.15) is 0 Å². The van der Waals surface area contributed by atoms with Gasteiger partial charge < -0.3 is 4.42 Å². The van der Waals surface area contributed by atoms with Crippen LogP contribution in [0, 0.1) is 0 Å². The van der Waals surface area contributed by atoms with E-state index in [1.807, 2.05) is 0 Å². The molecular weight excluding hydrogens is 94.0 g/mol. The summed E-state index contributed by atoms with van der Waals surface area (Å²) in [4.78, 5) is 13.0. The third-order valence-electron chi connectivity index (χ3n) is 0.520. The van der Waals surface area contributed by atoms with Gasteiger partial charge in [0.25, 0.3) is 12.2 Å². The average Bonchev–Trinajstić information content (AvgIpc) is 2.14. The van der Waals surface area contributed by atoms with Crippen LogP contribution in [0.1, 0.15) is 5.89 Å². The van der Waals surface area contributed by atoms with E-state index in [2.05, 4.69) is 9.40 Å². The van der Waals surface area contributed by atoms with E-state index in [0.717, 1.165) is 0 Å². The van der Waals surface area contributed by atoms with Crippen LogP contribution in [-0.4, -0.2) is 11.3 Å². The van der Waals surface area contributed by atoms with Gasteiger partial charge in [-0.3, -0.25) is 4.79 Å². The minimum Gasteiger partial charge on any atom is -0.442 e. The van der Waals surface area contributed by atoms with E-state index >= 15 is 0 Å². The second-order valence-electron chi connectivity index (χ2n) is 0.939. The van der Waals surface area contributed by atoms with E-state index < -0.39 is 0 Å². The molecule has 1 heterocycles. The Morgan fingerprint density at radius 3 is 3.00 bits per heavy atom. The summed E-state index contributed by atoms with van der Waals surface area (Å²) in [6.07, 6.45) is 4.19. The normalized spacial score (nSPS) is 8.57. The van der Waals surface area contributed by atoms with Crippen molar-refractivity contribution in [2.75, 3.05) is 0 Å². The van der Waals surface area contributed by atoms with Crippen molar-refractivity contribution in [3.8, 4) is 0 Å². The first-order chi connectivity index (χ1) is 3.43. The van der Waals surface area contributed by atoms with Gasteiger partial charge in [-0.25, -0.2) is 4.98 Å². The summed E-state index contributed by atoms with van der Waals surface area (Å²) in [7, 11) is 0. The summed E-state index contributed by atoms with van der Waals surface area (Å²) in [6, 6.07) is 0. The Labute approximate surface area is 40.0 Å². The van der Waals surface area contributed by atoms with Gasteiger partial charge in [0.05, 0.1) is 6.20 Å². The van der Waals surface area contributed by atoms with Crippen molar-refractivity contribution in [3.05, 3.63) is 18.4 Å². The molecular formula is C4H2NO2. The van der Waals surface area contributed by atoms with Gasteiger partial charge >= 0.3 is 0 Å². The fraction of sp³-hybridized carbons (Fsp3) is 0. The van der Waals surface area contributed by atoms with Crippen molar-refractivity contribution < 1.29 is 9.21 Å². The van der Waals surface area contributed by atoms with Crippen LogP contribution in [0.3, 0.4) is 0 Å². The van der Waals surface area contributed by atoms with Crippen LogP contribution in [-0.2, 0) is 4.79 Å². The number of nitrogens with zero attached hydrogens (tertiary/aromatic N) is 1. The molecule has 0 saturated carbocycles. The zero-order chi connectivity index (χ0) is 5.11. The molecule has 3 nitrogen and oxygen atoms in total. The highest BCUT2D eigenvalue weighted by atomic mass is 16.3. The second-order valence-corrected chi connectivity index (χ2v) is 0.939. The number of oxazole rings is 1. The van der Waals surface area contributed by atoms with Crippen LogP contribution < -0.4 is 0 Å². The van der Waals surface area contributed by atoms with Crippen molar-refractivity contribution in [3.63, 3.8) is 0 Å². The minimum absolute atomic E-state index is 0.000000000000000444. The molecule has 35 valence electrons. The predicted octanol–water partition coefficient (Wildman–Crippen LogP) is 0.132. The fourth-order valence-electron chi connectivity index (χ4n) is 0.274. The Morgan fingerprint density at radius 2 is 2.71 bits per heavy atom. The van der Waals surface area contributed by atoms with E-state index in [-0.39, 0.29) is 5.89 Å². The Bertz CT molecular complexity index is 145. The molecule has 0 bridgehead atoms. The smallest absolute Gasteiger partial charge is 0.293 e. The lowest BCUT2D eigenvalue weighted by molar-refractivity contribution is 0.510. The molecule has 0 N–H and O–H groups in total. The maximum atomic E-state index is 9.59. The second kappa shape index (κ2) is 1.55. The number of rotatable bonds is 1. The van der Waals surface area contributed by atoms with Crippen molar-refractivity contribution in [1.29, 1.82) is 0 Å². The highest BCUT2D eigenvalue weighted by Crippen LogP contribution is 1.85. The molecule has 0 fully saturated rings. The van der Waals surface area contributed by atoms with Crippen molar-refractivity contribution in [2.24, 2.45) is 0 Å². The zero-order valence-corrected chi connectivity index (χ0v) is 3.42. The summed E-state index contributed by atoms with van der Waals surface area (Å²) in [5.74, 6) is 0.000000000000000444. The topological polar surface area (TPSA) is 43.1 Å². The highest BCUT2D eigenvalue weighted by Gasteiger charge is 1.89. The number of hydrogen-bond acceptors (Lipinski definition) is 3. The molecule has 3 heteroatoms. The van der Waals surface area contributed by atoms with Crippen LogP contribution in [0.4, 0.5) is 0 Å². The van der Waals surface area contributed by atoms with E-state index in [9.17, 15) is 4.79 Å². The molecule has 0 aromatic carbocycles. The van der Waals surface area contributed by atoms with Gasteiger partial charge in [-0.15, -0.1) is 0 Å². The molecule has 0 aliphatic heterocycles. The first-order valence-electron chi connectivity index (χ1n) is 1.71. The fourth-order valence-corrected chi connectivity index (χ4v) is 0.274. The quantitative estimate of drug-likeness (QED) is 0.499. The zero-order valence-electron chi connectivity index (χ0n) is 3.42. The molecule has 0 aliphatic rings. The number of aromatic nitrogens is 1. The van der Waals surface area contributed by atoms with Crippen molar-refractivity contribution in [2.45, 2.75) is 0 Å². The summed E-state index contributed by atoms with van der Waals surface area (Å²) in [5.41, 5.74) is 0. The molecule has 1 rings (SSSR count). The number of carbonyl (C=O) groups excluding carboxylic acids is 1. The van der Waals surface area contributed by atoms with E-state index in [4.69, 9.17) is 0 Å². The first kappa shape index (κ1) is 4.05. The molecule has 0 unspecified atom stereocenters. The van der Waals surface area contributed by atoms with Crippen LogP contribution >= 0.6 is 0 Å². The summed E-state index contributed by atoms with van der Waals surface area (Å²) < 4.78 is 4.45. The molecule has 0 saturated heterocycles. The van der Waals surface area contributed by atoms with Gasteiger partial charge in [-0.05, 0) is 0 Å². The van der Waals surface area contributed by atoms with Crippen molar-refractivity contribution >= 4 is 6.29 Å². The van der Waals surface area contributed by atoms with Gasteiger partial charge in [0, 0.05) is 0 Å². The maximum absolute atomic E-state index is 9.59. The molecule has 0 atom stereocenters. The van der Waals surface area contributed by atoms with E-state index in [0.29, 0.717) is 0 Å². The monoisotopic (exact) mass is 96.0 g/mol. The van der Waals surface area contributed by atoms with Crippen LogP contribution in [0.15, 0.2) is 16.9 Å². The number of hydrogen-bond donors (Lipinski definition) is 0. The summed E-state index contributed by atoms with van der Waals surface area (Å²) in [6.45, 7) is 0.